The molecule has 0 saturated carbocycles. The lowest BCUT2D eigenvalue weighted by atomic mass is 10.0. The van der Waals surface area contributed by atoms with Gasteiger partial charge in [-0.3, -0.25) is 4.79 Å². The van der Waals surface area contributed by atoms with Crippen LogP contribution in [-0.2, 0) is 16.0 Å². The molecule has 8 heteroatoms. The van der Waals surface area contributed by atoms with Crippen LogP contribution in [0.3, 0.4) is 0 Å². The van der Waals surface area contributed by atoms with Crippen LogP contribution in [0.4, 0.5) is 5.69 Å². The average Bonchev–Trinajstić information content (AvgIpc) is 3.33. The first-order valence-corrected chi connectivity index (χ1v) is 9.26. The number of nitrogens with zero attached hydrogens (tertiary/aromatic N) is 2. The van der Waals surface area contributed by atoms with Crippen LogP contribution in [0, 0.1) is 13.8 Å². The second kappa shape index (κ2) is 8.13. The first-order valence-electron chi connectivity index (χ1n) is 8.32. The summed E-state index contributed by atoms with van der Waals surface area (Å²) in [5.74, 6) is 0.285. The topological polar surface area (TPSA) is 94.3 Å². The van der Waals surface area contributed by atoms with Gasteiger partial charge in [-0.2, -0.15) is 16.3 Å². The van der Waals surface area contributed by atoms with Crippen molar-refractivity contribution in [3.05, 3.63) is 51.5 Å². The molecule has 3 rings (SSSR count). The Kier molecular flexibility index (Phi) is 5.66. The maximum atomic E-state index is 12.3. The van der Waals surface area contributed by atoms with Crippen LogP contribution < -0.4 is 5.32 Å². The van der Waals surface area contributed by atoms with Gasteiger partial charge in [0.1, 0.15) is 0 Å². The number of methoxy groups -OCH3 is 1. The van der Waals surface area contributed by atoms with Crippen molar-refractivity contribution in [3.8, 4) is 11.4 Å². The highest BCUT2D eigenvalue weighted by Gasteiger charge is 2.15. The molecule has 0 bridgehead atoms. The SMILES string of the molecule is COC(=O)c1cc(NC(=O)CCc2nc(-c3ccsc3)no2)cc(C)c1C. The van der Waals surface area contributed by atoms with Crippen LogP contribution in [0.25, 0.3) is 11.4 Å². The van der Waals surface area contributed by atoms with E-state index in [0.717, 1.165) is 16.7 Å². The van der Waals surface area contributed by atoms with E-state index in [0.29, 0.717) is 29.4 Å². The number of hydrogen-bond acceptors (Lipinski definition) is 7. The summed E-state index contributed by atoms with van der Waals surface area (Å²) in [5.41, 5.74) is 3.60. The van der Waals surface area contributed by atoms with Crippen molar-refractivity contribution in [3.63, 3.8) is 0 Å². The molecule has 0 atom stereocenters. The fraction of sp³-hybridized carbons (Fsp3) is 0.263. The van der Waals surface area contributed by atoms with E-state index in [4.69, 9.17) is 9.26 Å². The molecule has 0 aliphatic carbocycles. The van der Waals surface area contributed by atoms with Gasteiger partial charge in [-0.05, 0) is 48.6 Å². The standard InChI is InChI=1S/C19H19N3O4S/c1-11-8-14(9-15(12(11)2)19(24)25-3)20-16(23)4-5-17-21-18(22-26-17)13-6-7-27-10-13/h6-10H,4-5H2,1-3H3,(H,20,23). The molecule has 0 spiro atoms. The summed E-state index contributed by atoms with van der Waals surface area (Å²) in [6.07, 6.45) is 0.517. The monoisotopic (exact) mass is 385 g/mol. The zero-order valence-electron chi connectivity index (χ0n) is 15.2. The predicted octanol–water partition coefficient (Wildman–Crippen LogP) is 3.77. The minimum atomic E-state index is -0.432. The zero-order chi connectivity index (χ0) is 19.4. The van der Waals surface area contributed by atoms with Gasteiger partial charge in [0.25, 0.3) is 0 Å². The molecule has 3 aromatic rings. The smallest absolute Gasteiger partial charge is 0.338 e. The van der Waals surface area contributed by atoms with Gasteiger partial charge in [-0.15, -0.1) is 0 Å². The van der Waals surface area contributed by atoms with Gasteiger partial charge in [0.2, 0.25) is 17.6 Å². The Morgan fingerprint density at radius 2 is 2.11 bits per heavy atom. The van der Waals surface area contributed by atoms with Crippen LogP contribution in [0.1, 0.15) is 33.8 Å². The summed E-state index contributed by atoms with van der Waals surface area (Å²) >= 11 is 1.55. The molecular formula is C19H19N3O4S. The fourth-order valence-corrected chi connectivity index (χ4v) is 3.20. The number of rotatable bonds is 6. The summed E-state index contributed by atoms with van der Waals surface area (Å²) in [6, 6.07) is 5.35. The number of amides is 1. The second-order valence-electron chi connectivity index (χ2n) is 6.03. The summed E-state index contributed by atoms with van der Waals surface area (Å²) < 4.78 is 9.98. The lowest BCUT2D eigenvalue weighted by Gasteiger charge is -2.11. The minimum Gasteiger partial charge on any atom is -0.465 e. The Hall–Kier alpha value is -3.00. The van der Waals surface area contributed by atoms with E-state index in [-0.39, 0.29) is 12.3 Å². The summed E-state index contributed by atoms with van der Waals surface area (Å²) in [4.78, 5) is 28.4. The molecule has 0 radical (unpaired) electrons. The number of ether oxygens (including phenoxy) is 1. The number of hydrogen-bond donors (Lipinski definition) is 1. The number of nitrogens with one attached hydrogen (secondary N) is 1. The van der Waals surface area contributed by atoms with Gasteiger partial charge in [-0.25, -0.2) is 4.79 Å². The number of thiophene rings is 1. The van der Waals surface area contributed by atoms with Gasteiger partial charge in [0, 0.05) is 29.5 Å². The Balaban J connectivity index is 1.63. The number of anilines is 1. The normalized spacial score (nSPS) is 10.6. The molecule has 0 aliphatic rings. The third-order valence-corrected chi connectivity index (χ3v) is 4.85. The lowest BCUT2D eigenvalue weighted by molar-refractivity contribution is -0.116. The molecule has 2 aromatic heterocycles. The molecule has 1 N–H and O–H groups in total. The van der Waals surface area contributed by atoms with Crippen molar-refractivity contribution < 1.29 is 18.8 Å². The van der Waals surface area contributed by atoms with E-state index in [1.165, 1.54) is 7.11 Å². The van der Waals surface area contributed by atoms with Crippen LogP contribution in [-0.4, -0.2) is 29.1 Å². The molecule has 7 nitrogen and oxygen atoms in total. The van der Waals surface area contributed by atoms with Crippen molar-refractivity contribution in [2.45, 2.75) is 26.7 Å². The highest BCUT2D eigenvalue weighted by Crippen LogP contribution is 2.22. The van der Waals surface area contributed by atoms with Crippen molar-refractivity contribution in [2.24, 2.45) is 0 Å². The summed E-state index contributed by atoms with van der Waals surface area (Å²) in [5, 5.41) is 10.6. The molecular weight excluding hydrogens is 366 g/mol. The second-order valence-corrected chi connectivity index (χ2v) is 6.81. The number of benzene rings is 1. The highest BCUT2D eigenvalue weighted by molar-refractivity contribution is 7.08. The van der Waals surface area contributed by atoms with Gasteiger partial charge in [0.05, 0.1) is 12.7 Å². The molecule has 0 unspecified atom stereocenters. The molecule has 2 heterocycles. The highest BCUT2D eigenvalue weighted by atomic mass is 32.1. The van der Waals surface area contributed by atoms with Crippen molar-refractivity contribution in [1.82, 2.24) is 10.1 Å². The number of esters is 1. The van der Waals surface area contributed by atoms with Gasteiger partial charge >= 0.3 is 5.97 Å². The number of aryl methyl sites for hydroxylation is 2. The Labute approximate surface area is 160 Å². The lowest BCUT2D eigenvalue weighted by Crippen LogP contribution is -2.14. The summed E-state index contributed by atoms with van der Waals surface area (Å²) in [6.45, 7) is 3.72. The van der Waals surface area contributed by atoms with E-state index in [9.17, 15) is 9.59 Å². The van der Waals surface area contributed by atoms with Gasteiger partial charge < -0.3 is 14.6 Å². The van der Waals surface area contributed by atoms with Crippen molar-refractivity contribution >= 4 is 28.9 Å². The van der Waals surface area contributed by atoms with E-state index in [1.54, 1.807) is 17.4 Å². The number of aromatic nitrogens is 2. The van der Waals surface area contributed by atoms with Crippen LogP contribution in [0.2, 0.25) is 0 Å². The molecule has 0 fully saturated rings. The van der Waals surface area contributed by atoms with Crippen LogP contribution in [0.5, 0.6) is 0 Å². The average molecular weight is 385 g/mol. The quantitative estimate of drug-likeness (QED) is 0.649. The van der Waals surface area contributed by atoms with E-state index in [1.807, 2.05) is 36.7 Å². The third kappa shape index (κ3) is 4.40. The van der Waals surface area contributed by atoms with E-state index < -0.39 is 5.97 Å². The maximum Gasteiger partial charge on any atom is 0.338 e. The molecule has 0 aliphatic heterocycles. The first-order chi connectivity index (χ1) is 13.0. The van der Waals surface area contributed by atoms with Gasteiger partial charge in [0.15, 0.2) is 0 Å². The molecule has 140 valence electrons. The Morgan fingerprint density at radius 1 is 1.30 bits per heavy atom. The maximum absolute atomic E-state index is 12.3. The van der Waals surface area contributed by atoms with Gasteiger partial charge in [-0.1, -0.05) is 5.16 Å². The number of carbonyl (C=O) groups is 2. The fourth-order valence-electron chi connectivity index (χ4n) is 2.56. The Morgan fingerprint density at radius 3 is 2.81 bits per heavy atom. The minimum absolute atomic E-state index is 0.186. The predicted molar refractivity (Wildman–Crippen MR) is 102 cm³/mol. The van der Waals surface area contributed by atoms with Crippen molar-refractivity contribution in [1.29, 1.82) is 0 Å². The first kappa shape index (κ1) is 18.8. The Bertz CT molecular complexity index is 964. The van der Waals surface area contributed by atoms with Crippen LogP contribution >= 0.6 is 11.3 Å². The number of carbonyl (C=O) groups excluding carboxylic acids is 2. The van der Waals surface area contributed by atoms with Crippen molar-refractivity contribution in [2.75, 3.05) is 12.4 Å². The molecule has 27 heavy (non-hydrogen) atoms. The molecule has 1 amide bonds. The molecule has 1 aromatic carbocycles. The van der Waals surface area contributed by atoms with E-state index >= 15 is 0 Å². The molecule has 0 saturated heterocycles. The van der Waals surface area contributed by atoms with E-state index in [2.05, 4.69) is 15.5 Å². The third-order valence-electron chi connectivity index (χ3n) is 4.17. The van der Waals surface area contributed by atoms with Crippen LogP contribution in [0.15, 0.2) is 33.5 Å². The largest absolute Gasteiger partial charge is 0.465 e. The zero-order valence-corrected chi connectivity index (χ0v) is 16.1. The summed E-state index contributed by atoms with van der Waals surface area (Å²) in [7, 11) is 1.33.